The smallest absolute Gasteiger partial charge is 0.111 e. The maximum Gasteiger partial charge on any atom is 0.111 e. The van der Waals surface area contributed by atoms with Crippen LogP contribution >= 0.6 is 11.6 Å². The van der Waals surface area contributed by atoms with Gasteiger partial charge in [0.1, 0.15) is 5.24 Å². The average Bonchev–Trinajstić information content (AvgIpc) is 1.38. The second-order valence-electron chi connectivity index (χ2n) is 0.433. The van der Waals surface area contributed by atoms with Crippen LogP contribution in [0.2, 0.25) is 0 Å². The Morgan fingerprint density at radius 3 is 2.00 bits per heavy atom. The molecule has 0 aromatic rings. The Morgan fingerprint density at radius 1 is 1.83 bits per heavy atom. The summed E-state index contributed by atoms with van der Waals surface area (Å²) in [6.45, 7) is 0.293. The quantitative estimate of drug-likeness (QED) is 0.555. The molecule has 6 heavy (non-hydrogen) atoms. The van der Waals surface area contributed by atoms with Crippen LogP contribution in [0.25, 0.3) is 0 Å². The Morgan fingerprint density at radius 2 is 2.00 bits per heavy atom. The van der Waals surface area contributed by atoms with E-state index in [9.17, 15) is 4.79 Å². The Bertz CT molecular complexity index is 46.8. The molecule has 0 aliphatic carbocycles. The van der Waals surface area contributed by atoms with Crippen molar-refractivity contribution < 1.29 is 30.0 Å². The summed E-state index contributed by atoms with van der Waals surface area (Å²) in [5, 5.41) is 6.69. The van der Waals surface area contributed by atoms with Crippen molar-refractivity contribution in [2.24, 2.45) is 0 Å². The molecule has 0 spiro atoms. The second kappa shape index (κ2) is 5.44. The topological polar surface area (TPSA) is 37.3 Å². The van der Waals surface area contributed by atoms with Gasteiger partial charge in [0.2, 0.25) is 0 Å². The Kier molecular flexibility index (Phi) is 8.76. The van der Waals surface area contributed by atoms with Crippen LogP contribution in [0.5, 0.6) is 0 Å². The minimum absolute atomic E-state index is 0. The van der Waals surface area contributed by atoms with Gasteiger partial charge in [-0.3, -0.25) is 0 Å². The predicted octanol–water partition coefficient (Wildman–Crippen LogP) is 0.284. The predicted molar refractivity (Wildman–Crippen MR) is 17.1 cm³/mol. The van der Waals surface area contributed by atoms with Crippen LogP contribution < -0.4 is 0 Å². The zero-order valence-corrected chi connectivity index (χ0v) is 5.80. The van der Waals surface area contributed by atoms with Gasteiger partial charge in [-0.25, -0.2) is 0 Å². The summed E-state index contributed by atoms with van der Waals surface area (Å²) in [5.74, 6) is 0. The summed E-state index contributed by atoms with van der Waals surface area (Å²) >= 11 is 4.52. The average molecular weight is 286 g/mol. The molecule has 0 bridgehead atoms. The van der Waals surface area contributed by atoms with E-state index in [2.05, 4.69) is 11.6 Å². The van der Waals surface area contributed by atoms with E-state index >= 15 is 0 Å². The number of carbonyl (C=O) groups is 1. The van der Waals surface area contributed by atoms with Crippen LogP contribution in [0.15, 0.2) is 0 Å². The molecule has 0 saturated carbocycles. The van der Waals surface area contributed by atoms with E-state index in [0.29, 0.717) is 6.61 Å². The number of rotatable bonds is 1. The third kappa shape index (κ3) is 8.83. The molecule has 0 fully saturated rings. The monoisotopic (exact) mass is 286 g/mol. The van der Waals surface area contributed by atoms with E-state index in [4.69, 9.17) is 5.11 Å². The molecule has 4 heteroatoms. The first-order chi connectivity index (χ1) is 2.27. The molecule has 0 aliphatic heterocycles. The largest absolute Gasteiger partial charge is 0.539 e. The summed E-state index contributed by atoms with van der Waals surface area (Å²) in [4.78, 5) is 9.27. The number of hydrogen-bond acceptors (Lipinski definition) is 2. The summed E-state index contributed by atoms with van der Waals surface area (Å²) < 4.78 is 0. The normalized spacial score (nSPS) is 5.67. The van der Waals surface area contributed by atoms with E-state index < -0.39 is 5.24 Å². The molecule has 0 aromatic heterocycles. The molecule has 0 atom stereocenters. The first-order valence-electron chi connectivity index (χ1n) is 0.940. The molecule has 0 saturated heterocycles. The zero-order valence-electron chi connectivity index (χ0n) is 2.64. The van der Waals surface area contributed by atoms with E-state index in [1.54, 1.807) is 0 Å². The molecule has 0 heterocycles. The molecule has 0 aliphatic rings. The van der Waals surface area contributed by atoms with Crippen LogP contribution in [-0.4, -0.2) is 10.3 Å². The molecule has 0 aromatic carbocycles. The van der Waals surface area contributed by atoms with Crippen LogP contribution in [0.1, 0.15) is 0 Å². The minimum atomic E-state index is -0.843. The molecular formula is C2H2ClIrO2-. The minimum Gasteiger partial charge on any atom is -0.539 e. The van der Waals surface area contributed by atoms with Gasteiger partial charge in [-0.1, -0.05) is 11.6 Å². The number of aliphatic hydroxyl groups is 1. The van der Waals surface area contributed by atoms with Crippen molar-refractivity contribution in [2.75, 3.05) is 0 Å². The van der Waals surface area contributed by atoms with Crippen molar-refractivity contribution in [2.45, 2.75) is 0 Å². The van der Waals surface area contributed by atoms with E-state index in [-0.39, 0.29) is 20.1 Å². The SMILES string of the molecule is O=C(Cl)[CH-]O.[Ir]. The van der Waals surface area contributed by atoms with Gasteiger partial charge in [-0.15, -0.1) is 0 Å². The van der Waals surface area contributed by atoms with Gasteiger partial charge in [0.05, 0.1) is 0 Å². The molecule has 0 unspecified atom stereocenters. The fraction of sp³-hybridized carbons (Fsp3) is 0. The van der Waals surface area contributed by atoms with Gasteiger partial charge >= 0.3 is 0 Å². The Hall–Kier alpha value is 0.439. The molecule has 0 rings (SSSR count). The van der Waals surface area contributed by atoms with Gasteiger partial charge in [0, 0.05) is 20.1 Å². The number of hydrogen-bond donors (Lipinski definition) is 1. The molecule has 2 nitrogen and oxygen atoms in total. The number of halogens is 1. The number of carbonyl (C=O) groups excluding carboxylic acids is 1. The molecule has 1 radical (unpaired) electrons. The fourth-order valence-electron chi connectivity index (χ4n) is 0. The molecule has 1 N–H and O–H groups in total. The van der Waals surface area contributed by atoms with Crippen LogP contribution in [-0.2, 0) is 24.9 Å². The second-order valence-corrected chi connectivity index (χ2v) is 0.806. The van der Waals surface area contributed by atoms with Crippen LogP contribution in [0.3, 0.4) is 0 Å². The van der Waals surface area contributed by atoms with Crippen LogP contribution in [0.4, 0.5) is 0 Å². The maximum atomic E-state index is 9.27. The van der Waals surface area contributed by atoms with Crippen molar-refractivity contribution in [1.82, 2.24) is 0 Å². The standard InChI is InChI=1S/C2H2ClO2.Ir/c3-2(5)1-4;/h1,4H;/q-1;. The Balaban J connectivity index is 0. The summed E-state index contributed by atoms with van der Waals surface area (Å²) in [7, 11) is 0. The first kappa shape index (κ1) is 9.67. The van der Waals surface area contributed by atoms with Crippen molar-refractivity contribution in [3.8, 4) is 0 Å². The Labute approximate surface area is 53.8 Å². The maximum absolute atomic E-state index is 9.27. The molecule has 0 amide bonds. The third-order valence-corrected chi connectivity index (χ3v) is 0.199. The van der Waals surface area contributed by atoms with E-state index in [0.717, 1.165) is 0 Å². The van der Waals surface area contributed by atoms with Gasteiger partial charge in [-0.05, 0) is 0 Å². The van der Waals surface area contributed by atoms with E-state index in [1.165, 1.54) is 0 Å². The van der Waals surface area contributed by atoms with Crippen molar-refractivity contribution in [1.29, 1.82) is 0 Å². The molecular weight excluding hydrogens is 284 g/mol. The van der Waals surface area contributed by atoms with Crippen molar-refractivity contribution >= 4 is 16.8 Å². The first-order valence-corrected chi connectivity index (χ1v) is 1.32. The zero-order chi connectivity index (χ0) is 4.28. The van der Waals surface area contributed by atoms with Crippen LogP contribution in [0, 0.1) is 6.61 Å². The van der Waals surface area contributed by atoms with Gasteiger partial charge in [0.25, 0.3) is 0 Å². The fourth-order valence-corrected chi connectivity index (χ4v) is 0. The number of aliphatic hydroxyl groups excluding tert-OH is 1. The summed E-state index contributed by atoms with van der Waals surface area (Å²) in [5.41, 5.74) is 0. The van der Waals surface area contributed by atoms with Gasteiger partial charge < -0.3 is 9.90 Å². The summed E-state index contributed by atoms with van der Waals surface area (Å²) in [6, 6.07) is 0. The third-order valence-electron chi connectivity index (χ3n) is 0.101. The summed E-state index contributed by atoms with van der Waals surface area (Å²) in [6.07, 6.45) is 0. The van der Waals surface area contributed by atoms with Gasteiger partial charge in [-0.2, -0.15) is 6.61 Å². The van der Waals surface area contributed by atoms with Crippen molar-refractivity contribution in [3.63, 3.8) is 0 Å². The van der Waals surface area contributed by atoms with Crippen molar-refractivity contribution in [3.05, 3.63) is 6.61 Å². The van der Waals surface area contributed by atoms with E-state index in [1.807, 2.05) is 0 Å². The van der Waals surface area contributed by atoms with Gasteiger partial charge in [0.15, 0.2) is 0 Å². The molecule has 39 valence electrons.